The molecule has 10 heteroatoms. The zero-order chi connectivity index (χ0) is 18.1. The smallest absolute Gasteiger partial charge is 0.301 e. The summed E-state index contributed by atoms with van der Waals surface area (Å²) < 4.78 is 1.16. The van der Waals surface area contributed by atoms with Crippen molar-refractivity contribution >= 4 is 45.4 Å². The van der Waals surface area contributed by atoms with Crippen molar-refractivity contribution in [3.05, 3.63) is 60.9 Å². The first-order valence-corrected chi connectivity index (χ1v) is 8.64. The summed E-state index contributed by atoms with van der Waals surface area (Å²) in [7, 11) is 0. The molecular formula is C15H12Cl2N4O3S. The van der Waals surface area contributed by atoms with E-state index in [-0.39, 0.29) is 23.7 Å². The van der Waals surface area contributed by atoms with Gasteiger partial charge in [-0.05, 0) is 17.7 Å². The lowest BCUT2D eigenvalue weighted by Crippen LogP contribution is -2.27. The minimum atomic E-state index is -0.722. The first-order valence-electron chi connectivity index (χ1n) is 7.07. The largest absolute Gasteiger partial charge is 0.501 e. The number of aromatic nitrogens is 2. The van der Waals surface area contributed by atoms with Crippen LogP contribution in [0.5, 0.6) is 5.75 Å². The highest BCUT2D eigenvalue weighted by Gasteiger charge is 2.19. The van der Waals surface area contributed by atoms with Crippen LogP contribution in [-0.4, -0.2) is 20.4 Å². The average molecular weight is 399 g/mol. The number of amides is 1. The average Bonchev–Trinajstić information content (AvgIpc) is 3.02. The van der Waals surface area contributed by atoms with Crippen molar-refractivity contribution in [3.8, 4) is 5.75 Å². The summed E-state index contributed by atoms with van der Waals surface area (Å²) in [6.07, 6.45) is 1.49. The predicted octanol–water partition coefficient (Wildman–Crippen LogP) is 2.16. The number of thiazole rings is 1. The van der Waals surface area contributed by atoms with Crippen LogP contribution in [0.2, 0.25) is 10.0 Å². The van der Waals surface area contributed by atoms with Gasteiger partial charge < -0.3 is 16.2 Å². The monoisotopic (exact) mass is 398 g/mol. The number of carbonyl (C=O) groups is 1. The molecule has 0 atom stereocenters. The Morgan fingerprint density at radius 3 is 2.80 bits per heavy atom. The lowest BCUT2D eigenvalue weighted by atomic mass is 10.2. The molecule has 0 spiro atoms. The van der Waals surface area contributed by atoms with E-state index in [9.17, 15) is 14.7 Å². The minimum Gasteiger partial charge on any atom is -0.501 e. The fraction of sp³-hybridized carbons (Fsp3) is 0.133. The van der Waals surface area contributed by atoms with Crippen molar-refractivity contribution in [2.24, 2.45) is 5.73 Å². The molecule has 2 aromatic heterocycles. The van der Waals surface area contributed by atoms with E-state index in [4.69, 9.17) is 28.9 Å². The molecular weight excluding hydrogens is 387 g/mol. The van der Waals surface area contributed by atoms with E-state index >= 15 is 0 Å². The number of hydrogen-bond donors (Lipinski definition) is 3. The Balaban J connectivity index is 1.87. The summed E-state index contributed by atoms with van der Waals surface area (Å²) in [4.78, 5) is 29.5. The first kappa shape index (κ1) is 17.7. The van der Waals surface area contributed by atoms with Crippen molar-refractivity contribution in [1.29, 1.82) is 0 Å². The van der Waals surface area contributed by atoms with E-state index < -0.39 is 17.2 Å². The van der Waals surface area contributed by atoms with Gasteiger partial charge in [-0.25, -0.2) is 4.98 Å². The number of hydrogen-bond acceptors (Lipinski definition) is 6. The van der Waals surface area contributed by atoms with E-state index in [0.29, 0.717) is 20.5 Å². The second-order valence-electron chi connectivity index (χ2n) is 5.10. The molecule has 3 aromatic rings. The molecule has 0 saturated heterocycles. The molecule has 0 aliphatic heterocycles. The van der Waals surface area contributed by atoms with Gasteiger partial charge >= 0.3 is 5.56 Å². The second-order valence-corrected chi connectivity index (χ2v) is 7.01. The Hall–Kier alpha value is -2.13. The van der Waals surface area contributed by atoms with Gasteiger partial charge in [0.2, 0.25) is 5.75 Å². The molecule has 0 aliphatic rings. The highest BCUT2D eigenvalue weighted by Crippen LogP contribution is 2.23. The van der Waals surface area contributed by atoms with Crippen LogP contribution in [0.1, 0.15) is 20.9 Å². The Morgan fingerprint density at radius 2 is 2.12 bits per heavy atom. The fourth-order valence-electron chi connectivity index (χ4n) is 2.15. The maximum Gasteiger partial charge on any atom is 0.301 e. The molecule has 0 fully saturated rings. The van der Waals surface area contributed by atoms with Gasteiger partial charge in [-0.1, -0.05) is 40.6 Å². The molecule has 1 aromatic carbocycles. The number of rotatable bonds is 4. The van der Waals surface area contributed by atoms with E-state index in [1.165, 1.54) is 17.5 Å². The number of carbonyl (C=O) groups excluding carboxylic acids is 1. The van der Waals surface area contributed by atoms with Gasteiger partial charge in [-0.15, -0.1) is 0 Å². The normalized spacial score (nSPS) is 11.0. The maximum absolute atomic E-state index is 12.3. The summed E-state index contributed by atoms with van der Waals surface area (Å²) in [5, 5.41) is 13.4. The topological polar surface area (TPSA) is 110 Å². The maximum atomic E-state index is 12.3. The van der Waals surface area contributed by atoms with Crippen LogP contribution in [0, 0.1) is 0 Å². The first-order chi connectivity index (χ1) is 11.9. The van der Waals surface area contributed by atoms with Crippen molar-refractivity contribution in [2.75, 3.05) is 0 Å². The Bertz CT molecular complexity index is 1030. The van der Waals surface area contributed by atoms with Gasteiger partial charge in [0.1, 0.15) is 0 Å². The highest BCUT2D eigenvalue weighted by molar-refractivity contribution is 7.17. The zero-order valence-electron chi connectivity index (χ0n) is 12.6. The Morgan fingerprint density at radius 1 is 1.36 bits per heavy atom. The number of halogens is 2. The van der Waals surface area contributed by atoms with Gasteiger partial charge in [0.05, 0.1) is 10.0 Å². The third-order valence-electron chi connectivity index (χ3n) is 3.41. The van der Waals surface area contributed by atoms with Crippen molar-refractivity contribution < 1.29 is 9.90 Å². The molecule has 0 unspecified atom stereocenters. The van der Waals surface area contributed by atoms with E-state index in [2.05, 4.69) is 10.3 Å². The van der Waals surface area contributed by atoms with E-state index in [1.807, 2.05) is 0 Å². The predicted molar refractivity (Wildman–Crippen MR) is 96.5 cm³/mol. The molecule has 7 nitrogen and oxygen atoms in total. The van der Waals surface area contributed by atoms with Gasteiger partial charge in [-0.3, -0.25) is 14.0 Å². The Kier molecular flexibility index (Phi) is 4.96. The van der Waals surface area contributed by atoms with Crippen molar-refractivity contribution in [1.82, 2.24) is 14.7 Å². The number of nitrogens with two attached hydrogens (primary N) is 1. The molecule has 4 N–H and O–H groups in total. The lowest BCUT2D eigenvalue weighted by Gasteiger charge is -2.07. The van der Waals surface area contributed by atoms with Gasteiger partial charge in [-0.2, -0.15) is 0 Å². The standard InChI is InChI=1S/C15H12Cl2N4O3S/c16-9-2-1-7(3-10(9)17)5-19-13(23)11-12(22)14(24)21-6-8(4-18)25-15(21)20-11/h1-3,6,22H,4-5,18H2,(H,19,23). The van der Waals surface area contributed by atoms with Crippen LogP contribution in [-0.2, 0) is 13.1 Å². The number of benzene rings is 1. The molecule has 3 rings (SSSR count). The summed E-state index contributed by atoms with van der Waals surface area (Å²) in [6, 6.07) is 4.93. The molecule has 0 aliphatic carbocycles. The minimum absolute atomic E-state index is 0.134. The summed E-state index contributed by atoms with van der Waals surface area (Å²) in [5.74, 6) is -1.39. The van der Waals surface area contributed by atoms with Crippen LogP contribution in [0.15, 0.2) is 29.2 Å². The van der Waals surface area contributed by atoms with Crippen molar-refractivity contribution in [2.45, 2.75) is 13.1 Å². The fourth-order valence-corrected chi connectivity index (χ4v) is 3.31. The highest BCUT2D eigenvalue weighted by atomic mass is 35.5. The molecule has 0 bridgehead atoms. The Labute approximate surface area is 155 Å². The van der Waals surface area contributed by atoms with Crippen LogP contribution >= 0.6 is 34.5 Å². The van der Waals surface area contributed by atoms with Crippen LogP contribution in [0.4, 0.5) is 0 Å². The molecule has 25 heavy (non-hydrogen) atoms. The molecule has 1 amide bonds. The molecule has 130 valence electrons. The third kappa shape index (κ3) is 3.47. The third-order valence-corrected chi connectivity index (χ3v) is 5.15. The number of fused-ring (bicyclic) bond motifs is 1. The number of nitrogens with one attached hydrogen (secondary N) is 1. The van der Waals surface area contributed by atoms with E-state index in [0.717, 1.165) is 4.40 Å². The van der Waals surface area contributed by atoms with E-state index in [1.54, 1.807) is 18.2 Å². The molecule has 0 saturated carbocycles. The van der Waals surface area contributed by atoms with Gasteiger partial charge in [0.15, 0.2) is 10.7 Å². The summed E-state index contributed by atoms with van der Waals surface area (Å²) in [5.41, 5.74) is 5.19. The second kappa shape index (κ2) is 7.01. The molecule has 2 heterocycles. The van der Waals surface area contributed by atoms with Gasteiger partial charge in [0.25, 0.3) is 5.91 Å². The van der Waals surface area contributed by atoms with Crippen LogP contribution in [0.3, 0.4) is 0 Å². The lowest BCUT2D eigenvalue weighted by molar-refractivity contribution is 0.0943. The van der Waals surface area contributed by atoms with Crippen molar-refractivity contribution in [3.63, 3.8) is 0 Å². The SMILES string of the molecule is NCc1cn2c(=O)c(O)c(C(=O)NCc3ccc(Cl)c(Cl)c3)nc2s1. The van der Waals surface area contributed by atoms with Crippen LogP contribution < -0.4 is 16.6 Å². The summed E-state index contributed by atoms with van der Waals surface area (Å²) >= 11 is 12.9. The van der Waals surface area contributed by atoms with Gasteiger partial charge in [0, 0.05) is 24.2 Å². The summed E-state index contributed by atoms with van der Waals surface area (Å²) in [6.45, 7) is 0.363. The van der Waals surface area contributed by atoms with Crippen LogP contribution in [0.25, 0.3) is 4.96 Å². The number of nitrogens with zero attached hydrogens (tertiary/aromatic N) is 2. The molecule has 0 radical (unpaired) electrons. The zero-order valence-corrected chi connectivity index (χ0v) is 15.0. The number of aromatic hydroxyl groups is 1. The quantitative estimate of drug-likeness (QED) is 0.623.